The molecule has 1 aliphatic heterocycles. The SMILES string of the molecule is Cc1ccccc1C(=O)N1CCCCC1C(=O)NCCc1nc2cc(Cl)ccc2n1C. The molecule has 1 aliphatic rings. The lowest BCUT2D eigenvalue weighted by molar-refractivity contribution is -0.126. The molecule has 2 aromatic carbocycles. The molecule has 6 nitrogen and oxygen atoms in total. The molecular weight excluding hydrogens is 412 g/mol. The maximum absolute atomic E-state index is 13.1. The summed E-state index contributed by atoms with van der Waals surface area (Å²) in [4.78, 5) is 32.5. The third-order valence-corrected chi connectivity index (χ3v) is 6.26. The summed E-state index contributed by atoms with van der Waals surface area (Å²) >= 11 is 6.07. The predicted octanol–water partition coefficient (Wildman–Crippen LogP) is 3.89. The van der Waals surface area contributed by atoms with E-state index in [1.54, 1.807) is 4.90 Å². The molecule has 1 saturated heterocycles. The lowest BCUT2D eigenvalue weighted by Gasteiger charge is -2.35. The van der Waals surface area contributed by atoms with Crippen molar-refractivity contribution in [3.05, 3.63) is 64.4 Å². The summed E-state index contributed by atoms with van der Waals surface area (Å²) < 4.78 is 2.02. The maximum atomic E-state index is 13.1. The van der Waals surface area contributed by atoms with E-state index in [9.17, 15) is 9.59 Å². The number of carbonyl (C=O) groups excluding carboxylic acids is 2. The fourth-order valence-corrected chi connectivity index (χ4v) is 4.44. The molecule has 0 bridgehead atoms. The molecule has 0 radical (unpaired) electrons. The van der Waals surface area contributed by atoms with Crippen molar-refractivity contribution in [2.45, 2.75) is 38.6 Å². The van der Waals surface area contributed by atoms with Crippen LogP contribution < -0.4 is 5.32 Å². The highest BCUT2D eigenvalue weighted by Crippen LogP contribution is 2.22. The van der Waals surface area contributed by atoms with Gasteiger partial charge in [-0.05, 0) is 56.0 Å². The van der Waals surface area contributed by atoms with E-state index in [0.717, 1.165) is 35.3 Å². The number of carbonyl (C=O) groups is 2. The number of rotatable bonds is 5. The Bertz CT molecular complexity index is 1120. The van der Waals surface area contributed by atoms with Gasteiger partial charge in [-0.15, -0.1) is 0 Å². The summed E-state index contributed by atoms with van der Waals surface area (Å²) in [5, 5.41) is 3.68. The van der Waals surface area contributed by atoms with E-state index >= 15 is 0 Å². The number of imidazole rings is 1. The molecule has 4 rings (SSSR count). The maximum Gasteiger partial charge on any atom is 0.254 e. The van der Waals surface area contributed by atoms with Crippen LogP contribution in [0, 0.1) is 6.92 Å². The van der Waals surface area contributed by atoms with Crippen molar-refractivity contribution in [3.8, 4) is 0 Å². The summed E-state index contributed by atoms with van der Waals surface area (Å²) in [5.41, 5.74) is 3.45. The molecule has 162 valence electrons. The fraction of sp³-hybridized carbons (Fsp3) is 0.375. The topological polar surface area (TPSA) is 67.2 Å². The number of hydrogen-bond donors (Lipinski definition) is 1. The van der Waals surface area contributed by atoms with Gasteiger partial charge in [-0.25, -0.2) is 4.98 Å². The first-order valence-electron chi connectivity index (χ1n) is 10.7. The van der Waals surface area contributed by atoms with Gasteiger partial charge in [0.2, 0.25) is 5.91 Å². The normalized spacial score (nSPS) is 16.5. The van der Waals surface area contributed by atoms with Crippen molar-refractivity contribution in [3.63, 3.8) is 0 Å². The Morgan fingerprint density at radius 3 is 2.81 bits per heavy atom. The third kappa shape index (κ3) is 4.44. The predicted molar refractivity (Wildman–Crippen MR) is 122 cm³/mol. The highest BCUT2D eigenvalue weighted by atomic mass is 35.5. The number of aryl methyl sites for hydroxylation is 2. The first-order valence-corrected chi connectivity index (χ1v) is 11.1. The Morgan fingerprint density at radius 2 is 2.00 bits per heavy atom. The van der Waals surface area contributed by atoms with E-state index in [1.165, 1.54) is 0 Å². The van der Waals surface area contributed by atoms with Gasteiger partial charge in [0.1, 0.15) is 11.9 Å². The number of benzene rings is 2. The van der Waals surface area contributed by atoms with Gasteiger partial charge in [-0.2, -0.15) is 0 Å². The van der Waals surface area contributed by atoms with Gasteiger partial charge in [0.15, 0.2) is 0 Å². The number of hydrogen-bond acceptors (Lipinski definition) is 3. The van der Waals surface area contributed by atoms with E-state index in [-0.39, 0.29) is 11.8 Å². The minimum Gasteiger partial charge on any atom is -0.354 e. The number of nitrogens with zero attached hydrogens (tertiary/aromatic N) is 3. The van der Waals surface area contributed by atoms with Crippen molar-refractivity contribution >= 4 is 34.4 Å². The zero-order valence-corrected chi connectivity index (χ0v) is 18.7. The second-order valence-electron chi connectivity index (χ2n) is 8.09. The summed E-state index contributed by atoms with van der Waals surface area (Å²) in [7, 11) is 1.96. The largest absolute Gasteiger partial charge is 0.354 e. The van der Waals surface area contributed by atoms with E-state index in [1.807, 2.05) is 61.0 Å². The van der Waals surface area contributed by atoms with E-state index in [2.05, 4.69) is 10.3 Å². The molecule has 1 aromatic heterocycles. The standard InChI is InChI=1S/C24H27ClN4O2/c1-16-7-3-4-8-18(16)24(31)29-14-6-5-9-21(29)23(30)26-13-12-22-27-19-15-17(25)10-11-20(19)28(22)2/h3-4,7-8,10-11,15,21H,5-6,9,12-14H2,1-2H3,(H,26,30). The zero-order chi connectivity index (χ0) is 22.0. The monoisotopic (exact) mass is 438 g/mol. The lowest BCUT2D eigenvalue weighted by Crippen LogP contribution is -2.52. The molecule has 1 atom stereocenters. The van der Waals surface area contributed by atoms with Gasteiger partial charge in [0.25, 0.3) is 5.91 Å². The van der Waals surface area contributed by atoms with Crippen LogP contribution in [0.1, 0.15) is 41.0 Å². The van der Waals surface area contributed by atoms with Crippen LogP contribution >= 0.6 is 11.6 Å². The van der Waals surface area contributed by atoms with E-state index < -0.39 is 6.04 Å². The number of likely N-dealkylation sites (tertiary alicyclic amines) is 1. The number of piperidine rings is 1. The lowest BCUT2D eigenvalue weighted by atomic mass is 9.98. The van der Waals surface area contributed by atoms with Gasteiger partial charge in [-0.3, -0.25) is 9.59 Å². The minimum absolute atomic E-state index is 0.0646. The second kappa shape index (κ2) is 9.10. The summed E-state index contributed by atoms with van der Waals surface area (Å²) in [6.07, 6.45) is 3.16. The van der Waals surface area contributed by atoms with Crippen molar-refractivity contribution < 1.29 is 9.59 Å². The molecule has 7 heteroatoms. The molecule has 0 spiro atoms. The average Bonchev–Trinajstić information content (AvgIpc) is 3.08. The smallest absolute Gasteiger partial charge is 0.254 e. The molecule has 3 aromatic rings. The second-order valence-corrected chi connectivity index (χ2v) is 8.52. The van der Waals surface area contributed by atoms with Crippen molar-refractivity contribution in [1.29, 1.82) is 0 Å². The Kier molecular flexibility index (Phi) is 6.28. The molecule has 0 saturated carbocycles. The van der Waals surface area contributed by atoms with Crippen LogP contribution in [0.25, 0.3) is 11.0 Å². The quantitative estimate of drug-likeness (QED) is 0.657. The van der Waals surface area contributed by atoms with Crippen molar-refractivity contribution in [1.82, 2.24) is 19.8 Å². The van der Waals surface area contributed by atoms with Crippen LogP contribution in [0.4, 0.5) is 0 Å². The minimum atomic E-state index is -0.430. The van der Waals surface area contributed by atoms with Gasteiger partial charge < -0.3 is 14.8 Å². The first-order chi connectivity index (χ1) is 15.0. The van der Waals surface area contributed by atoms with Gasteiger partial charge in [0, 0.05) is 37.1 Å². The number of halogens is 1. The molecule has 2 amide bonds. The molecule has 0 aliphatic carbocycles. The Labute approximate surface area is 187 Å². The zero-order valence-electron chi connectivity index (χ0n) is 17.9. The molecule has 31 heavy (non-hydrogen) atoms. The summed E-state index contributed by atoms with van der Waals surface area (Å²) in [6, 6.07) is 12.8. The van der Waals surface area contributed by atoms with Gasteiger partial charge in [-0.1, -0.05) is 29.8 Å². The van der Waals surface area contributed by atoms with E-state index in [0.29, 0.717) is 36.5 Å². The third-order valence-electron chi connectivity index (χ3n) is 6.03. The number of amides is 2. The molecule has 1 N–H and O–H groups in total. The highest BCUT2D eigenvalue weighted by molar-refractivity contribution is 6.31. The van der Waals surface area contributed by atoms with Crippen molar-refractivity contribution in [2.24, 2.45) is 7.05 Å². The fourth-order valence-electron chi connectivity index (χ4n) is 4.28. The number of fused-ring (bicyclic) bond motifs is 1. The van der Waals surface area contributed by atoms with Crippen LogP contribution in [-0.2, 0) is 18.3 Å². The van der Waals surface area contributed by atoms with Crippen LogP contribution in [0.2, 0.25) is 5.02 Å². The van der Waals surface area contributed by atoms with E-state index in [4.69, 9.17) is 11.6 Å². The Hall–Kier alpha value is -2.86. The van der Waals surface area contributed by atoms with Crippen LogP contribution in [0.3, 0.4) is 0 Å². The Morgan fingerprint density at radius 1 is 1.19 bits per heavy atom. The molecule has 1 fully saturated rings. The first kappa shape index (κ1) is 21.4. The van der Waals surface area contributed by atoms with Gasteiger partial charge >= 0.3 is 0 Å². The summed E-state index contributed by atoms with van der Waals surface area (Å²) in [5.74, 6) is 0.725. The molecular formula is C24H27ClN4O2. The Balaban J connectivity index is 1.42. The number of aromatic nitrogens is 2. The summed E-state index contributed by atoms with van der Waals surface area (Å²) in [6.45, 7) is 3.00. The van der Waals surface area contributed by atoms with Crippen molar-refractivity contribution in [2.75, 3.05) is 13.1 Å². The average molecular weight is 439 g/mol. The van der Waals surface area contributed by atoms with Crippen LogP contribution in [0.15, 0.2) is 42.5 Å². The van der Waals surface area contributed by atoms with Crippen LogP contribution in [-0.4, -0.2) is 45.4 Å². The molecule has 1 unspecified atom stereocenters. The number of nitrogens with one attached hydrogen (secondary N) is 1. The highest BCUT2D eigenvalue weighted by Gasteiger charge is 2.32. The molecule has 2 heterocycles. The van der Waals surface area contributed by atoms with Gasteiger partial charge in [0.05, 0.1) is 11.0 Å². The van der Waals surface area contributed by atoms with Crippen LogP contribution in [0.5, 0.6) is 0 Å².